The van der Waals surface area contributed by atoms with E-state index >= 15 is 0 Å². The number of thioether (sulfide) groups is 1. The summed E-state index contributed by atoms with van der Waals surface area (Å²) in [5.74, 6) is -1.06. The van der Waals surface area contributed by atoms with Gasteiger partial charge in [-0.3, -0.25) is 4.79 Å². The lowest BCUT2D eigenvalue weighted by Gasteiger charge is -2.06. The number of amides is 1. The third kappa shape index (κ3) is 4.94. The molecule has 1 amide bonds. The van der Waals surface area contributed by atoms with Crippen LogP contribution in [0.3, 0.4) is 0 Å². The molecule has 0 saturated carbocycles. The number of ether oxygens (including phenoxy) is 1. The van der Waals surface area contributed by atoms with Gasteiger partial charge in [0.25, 0.3) is 5.91 Å². The molecule has 0 aliphatic carbocycles. The minimum absolute atomic E-state index is 0.241. The van der Waals surface area contributed by atoms with Crippen LogP contribution in [0.2, 0.25) is 5.02 Å². The van der Waals surface area contributed by atoms with Gasteiger partial charge in [-0.25, -0.2) is 9.79 Å². The number of hydrogen-bond acceptors (Lipinski definition) is 5. The highest BCUT2D eigenvalue weighted by atomic mass is 35.5. The summed E-state index contributed by atoms with van der Waals surface area (Å²) in [6.45, 7) is 3.57. The third-order valence-corrected chi connectivity index (χ3v) is 5.18. The van der Waals surface area contributed by atoms with Crippen molar-refractivity contribution in [2.75, 3.05) is 6.61 Å². The van der Waals surface area contributed by atoms with Crippen molar-refractivity contribution in [2.45, 2.75) is 13.8 Å². The topological polar surface area (TPSA) is 88.0 Å². The number of carboxylic acid groups (broad SMARTS) is 1. The lowest BCUT2D eigenvalue weighted by Crippen LogP contribution is -2.19. The molecule has 1 aliphatic heterocycles. The fraction of sp³-hybridized carbons (Fsp3) is 0.150. The van der Waals surface area contributed by atoms with Crippen LogP contribution >= 0.6 is 23.4 Å². The molecule has 0 unspecified atom stereocenters. The molecule has 0 aromatic heterocycles. The summed E-state index contributed by atoms with van der Waals surface area (Å²) >= 11 is 7.36. The molecule has 1 aliphatic rings. The Morgan fingerprint density at radius 3 is 2.71 bits per heavy atom. The molecule has 6 nitrogen and oxygen atoms in total. The number of amidine groups is 1. The number of hydrogen-bond donors (Lipinski definition) is 2. The van der Waals surface area contributed by atoms with Crippen molar-refractivity contribution >= 4 is 52.2 Å². The number of aliphatic imine (C=N–C) groups is 1. The van der Waals surface area contributed by atoms with E-state index in [9.17, 15) is 9.59 Å². The Balaban J connectivity index is 1.76. The maximum absolute atomic E-state index is 12.2. The predicted molar refractivity (Wildman–Crippen MR) is 111 cm³/mol. The summed E-state index contributed by atoms with van der Waals surface area (Å²) in [5.41, 5.74) is 3.78. The van der Waals surface area contributed by atoms with Gasteiger partial charge in [-0.2, -0.15) is 0 Å². The lowest BCUT2D eigenvalue weighted by molar-refractivity contribution is -0.139. The minimum atomic E-state index is -1.09. The molecule has 0 atom stereocenters. The largest absolute Gasteiger partial charge is 0.480 e. The average Bonchev–Trinajstić information content (AvgIpc) is 2.96. The van der Waals surface area contributed by atoms with E-state index in [1.54, 1.807) is 24.3 Å². The van der Waals surface area contributed by atoms with E-state index in [1.165, 1.54) is 17.3 Å². The number of benzene rings is 2. The number of rotatable bonds is 5. The summed E-state index contributed by atoms with van der Waals surface area (Å²) in [6.07, 6.45) is 1.69. The van der Waals surface area contributed by atoms with Gasteiger partial charge < -0.3 is 15.2 Å². The van der Waals surface area contributed by atoms with Crippen molar-refractivity contribution in [1.82, 2.24) is 5.32 Å². The molecule has 0 radical (unpaired) electrons. The summed E-state index contributed by atoms with van der Waals surface area (Å²) in [4.78, 5) is 27.8. The van der Waals surface area contributed by atoms with Crippen molar-refractivity contribution in [2.24, 2.45) is 4.99 Å². The standard InChI is InChI=1S/C20H17ClN2O4S/c1-11-3-5-14(7-12(11)2)22-20-23-19(26)17(28-20)9-13-4-6-16(15(21)8-13)27-10-18(24)25/h3-9H,10H2,1-2H3,(H,24,25)(H,22,23,26). The second-order valence-electron chi connectivity index (χ2n) is 6.12. The molecule has 28 heavy (non-hydrogen) atoms. The number of halogens is 1. The highest BCUT2D eigenvalue weighted by Crippen LogP contribution is 2.31. The molecule has 2 N–H and O–H groups in total. The Hall–Kier alpha value is -2.77. The Kier molecular flexibility index (Phi) is 6.06. The van der Waals surface area contributed by atoms with Crippen molar-refractivity contribution in [3.8, 4) is 5.75 Å². The van der Waals surface area contributed by atoms with Crippen LogP contribution in [0, 0.1) is 13.8 Å². The van der Waals surface area contributed by atoms with Crippen molar-refractivity contribution in [3.05, 3.63) is 63.0 Å². The molecular weight excluding hydrogens is 400 g/mol. The Bertz CT molecular complexity index is 1020. The number of nitrogens with one attached hydrogen (secondary N) is 1. The highest BCUT2D eigenvalue weighted by Gasteiger charge is 2.24. The van der Waals surface area contributed by atoms with Crippen LogP contribution in [-0.4, -0.2) is 28.8 Å². The predicted octanol–water partition coefficient (Wildman–Crippen LogP) is 4.31. The Morgan fingerprint density at radius 1 is 1.25 bits per heavy atom. The molecule has 1 fully saturated rings. The van der Waals surface area contributed by atoms with Gasteiger partial charge in [0.05, 0.1) is 15.6 Å². The van der Waals surface area contributed by atoms with Crippen LogP contribution in [0.25, 0.3) is 6.08 Å². The molecule has 3 rings (SSSR count). The first-order chi connectivity index (χ1) is 13.3. The van der Waals surface area contributed by atoms with E-state index in [-0.39, 0.29) is 16.7 Å². The second-order valence-corrected chi connectivity index (χ2v) is 7.56. The number of nitrogens with zero attached hydrogens (tertiary/aromatic N) is 1. The molecule has 1 heterocycles. The van der Waals surface area contributed by atoms with Gasteiger partial charge in [-0.05, 0) is 72.6 Å². The molecule has 144 valence electrons. The van der Waals surface area contributed by atoms with Crippen LogP contribution < -0.4 is 10.1 Å². The fourth-order valence-corrected chi connectivity index (χ4v) is 3.49. The van der Waals surface area contributed by atoms with E-state index in [0.29, 0.717) is 15.6 Å². The minimum Gasteiger partial charge on any atom is -0.480 e. The van der Waals surface area contributed by atoms with Gasteiger partial charge in [0.1, 0.15) is 5.75 Å². The number of carbonyl (C=O) groups excluding carboxylic acids is 1. The zero-order valence-corrected chi connectivity index (χ0v) is 16.7. The summed E-state index contributed by atoms with van der Waals surface area (Å²) in [6, 6.07) is 10.7. The average molecular weight is 417 g/mol. The van der Waals surface area contributed by atoms with Crippen LogP contribution in [0.1, 0.15) is 16.7 Å². The summed E-state index contributed by atoms with van der Waals surface area (Å²) < 4.78 is 5.09. The molecule has 0 bridgehead atoms. The van der Waals surface area contributed by atoms with E-state index in [4.69, 9.17) is 21.4 Å². The number of carboxylic acids is 1. The number of carbonyl (C=O) groups is 2. The van der Waals surface area contributed by atoms with Crippen molar-refractivity contribution in [3.63, 3.8) is 0 Å². The van der Waals surface area contributed by atoms with Crippen LogP contribution in [0.15, 0.2) is 46.3 Å². The highest BCUT2D eigenvalue weighted by molar-refractivity contribution is 8.18. The molecule has 0 spiro atoms. The third-order valence-electron chi connectivity index (χ3n) is 3.98. The van der Waals surface area contributed by atoms with Crippen molar-refractivity contribution in [1.29, 1.82) is 0 Å². The lowest BCUT2D eigenvalue weighted by atomic mass is 10.1. The van der Waals surface area contributed by atoms with Crippen molar-refractivity contribution < 1.29 is 19.4 Å². The van der Waals surface area contributed by atoms with Crippen LogP contribution in [0.5, 0.6) is 5.75 Å². The molecule has 2 aromatic rings. The second kappa shape index (κ2) is 8.50. The summed E-state index contributed by atoms with van der Waals surface area (Å²) in [7, 11) is 0. The first-order valence-corrected chi connectivity index (χ1v) is 9.52. The number of aliphatic carboxylic acids is 1. The zero-order valence-electron chi connectivity index (χ0n) is 15.2. The quantitative estimate of drug-likeness (QED) is 0.709. The van der Waals surface area contributed by atoms with Gasteiger partial charge in [0.2, 0.25) is 0 Å². The first kappa shape index (κ1) is 20.0. The van der Waals surface area contributed by atoms with E-state index in [0.717, 1.165) is 11.3 Å². The zero-order chi connectivity index (χ0) is 20.3. The molecule has 2 aromatic carbocycles. The van der Waals surface area contributed by atoms with E-state index in [2.05, 4.69) is 10.3 Å². The Morgan fingerprint density at radius 2 is 2.04 bits per heavy atom. The maximum atomic E-state index is 12.2. The number of aryl methyl sites for hydroxylation is 2. The SMILES string of the molecule is Cc1ccc(N=C2NC(=O)C(=Cc3ccc(OCC(=O)O)c(Cl)c3)S2)cc1C. The monoisotopic (exact) mass is 416 g/mol. The van der Waals surface area contributed by atoms with E-state index < -0.39 is 12.6 Å². The molecular formula is C20H17ClN2O4S. The maximum Gasteiger partial charge on any atom is 0.341 e. The first-order valence-electron chi connectivity index (χ1n) is 8.33. The fourth-order valence-electron chi connectivity index (χ4n) is 2.41. The van der Waals surface area contributed by atoms with Gasteiger partial charge in [-0.15, -0.1) is 0 Å². The van der Waals surface area contributed by atoms with Gasteiger partial charge in [0.15, 0.2) is 11.8 Å². The molecule has 1 saturated heterocycles. The Labute approximate surface area is 171 Å². The normalized spacial score (nSPS) is 16.5. The molecule has 8 heteroatoms. The smallest absolute Gasteiger partial charge is 0.341 e. The summed E-state index contributed by atoms with van der Waals surface area (Å²) in [5, 5.41) is 12.2. The van der Waals surface area contributed by atoms with E-state index in [1.807, 2.05) is 32.0 Å². The van der Waals surface area contributed by atoms with Crippen LogP contribution in [-0.2, 0) is 9.59 Å². The van der Waals surface area contributed by atoms with Gasteiger partial charge >= 0.3 is 5.97 Å². The van der Waals surface area contributed by atoms with Crippen LogP contribution in [0.4, 0.5) is 5.69 Å². The van der Waals surface area contributed by atoms with Gasteiger partial charge in [-0.1, -0.05) is 23.7 Å². The van der Waals surface area contributed by atoms with Gasteiger partial charge in [0, 0.05) is 0 Å².